The number of aromatic nitrogens is 1. The van der Waals surface area contributed by atoms with Gasteiger partial charge in [-0.2, -0.15) is 5.26 Å². The Morgan fingerprint density at radius 1 is 1.11 bits per heavy atom. The molecule has 1 N–H and O–H groups in total. The van der Waals surface area contributed by atoms with Crippen LogP contribution in [-0.4, -0.2) is 4.98 Å². The predicted molar refractivity (Wildman–Crippen MR) is 81.8 cm³/mol. The summed E-state index contributed by atoms with van der Waals surface area (Å²) in [7, 11) is 0. The second kappa shape index (κ2) is 5.83. The van der Waals surface area contributed by atoms with Gasteiger partial charge in [-0.3, -0.25) is 0 Å². The van der Waals surface area contributed by atoms with Gasteiger partial charge in [0.25, 0.3) is 0 Å². The molecule has 0 aliphatic carbocycles. The molecule has 2 rings (SSSR count). The third kappa shape index (κ3) is 3.10. The highest BCUT2D eigenvalue weighted by molar-refractivity contribution is 9.11. The lowest BCUT2D eigenvalue weighted by atomic mass is 10.2. The normalized spacial score (nSPS) is 9.89. The van der Waals surface area contributed by atoms with Crippen molar-refractivity contribution in [1.29, 1.82) is 5.26 Å². The predicted octanol–water partition coefficient (Wildman–Crippen LogP) is 4.98. The Labute approximate surface area is 130 Å². The summed E-state index contributed by atoms with van der Waals surface area (Å²) in [5, 5.41) is 12.0. The van der Waals surface area contributed by atoms with Crippen molar-refractivity contribution in [2.75, 3.05) is 5.32 Å². The lowest BCUT2D eigenvalue weighted by Gasteiger charge is -2.09. The molecule has 0 fully saturated rings. The molecule has 0 spiro atoms. The van der Waals surface area contributed by atoms with Crippen LogP contribution in [0.5, 0.6) is 0 Å². The Morgan fingerprint density at radius 3 is 2.50 bits per heavy atom. The van der Waals surface area contributed by atoms with Crippen LogP contribution >= 0.6 is 47.8 Å². The van der Waals surface area contributed by atoms with E-state index in [9.17, 15) is 0 Å². The number of anilines is 2. The van der Waals surface area contributed by atoms with Crippen LogP contribution in [0.15, 0.2) is 43.9 Å². The van der Waals surface area contributed by atoms with Crippen LogP contribution < -0.4 is 5.32 Å². The summed E-state index contributed by atoms with van der Waals surface area (Å²) in [5.74, 6) is 0.712. The highest BCUT2D eigenvalue weighted by Crippen LogP contribution is 2.30. The number of nitrogens with zero attached hydrogens (tertiary/aromatic N) is 2. The van der Waals surface area contributed by atoms with E-state index in [0.717, 1.165) is 19.1 Å². The first-order chi connectivity index (χ1) is 8.60. The van der Waals surface area contributed by atoms with Crippen LogP contribution in [0.2, 0.25) is 0 Å². The number of nitrogens with one attached hydrogen (secondary N) is 1. The summed E-state index contributed by atoms with van der Waals surface area (Å²) in [6.07, 6.45) is 1.71. The summed E-state index contributed by atoms with van der Waals surface area (Å²) in [6.45, 7) is 0. The number of halogens is 3. The number of pyridine rings is 1. The van der Waals surface area contributed by atoms with Crippen LogP contribution in [-0.2, 0) is 0 Å². The fourth-order valence-electron chi connectivity index (χ4n) is 1.32. The summed E-state index contributed by atoms with van der Waals surface area (Å²) < 4.78 is 2.57. The molecule has 1 heterocycles. The van der Waals surface area contributed by atoms with Crippen molar-refractivity contribution >= 4 is 59.3 Å². The van der Waals surface area contributed by atoms with Gasteiger partial charge in [-0.1, -0.05) is 0 Å². The molecular weight excluding hydrogens is 426 g/mol. The second-order valence-electron chi connectivity index (χ2n) is 3.42. The molecule has 18 heavy (non-hydrogen) atoms. The van der Waals surface area contributed by atoms with E-state index < -0.39 is 0 Å². The maximum Gasteiger partial charge on any atom is 0.144 e. The zero-order chi connectivity index (χ0) is 13.1. The zero-order valence-electron chi connectivity index (χ0n) is 8.92. The quantitative estimate of drug-likeness (QED) is 0.729. The first-order valence-corrected chi connectivity index (χ1v) is 7.26. The highest BCUT2D eigenvalue weighted by atomic mass is 79.9. The number of rotatable bonds is 2. The molecule has 0 unspecified atom stereocenters. The lowest BCUT2D eigenvalue weighted by Crippen LogP contribution is -1.95. The maximum atomic E-state index is 8.80. The van der Waals surface area contributed by atoms with Crippen molar-refractivity contribution in [2.45, 2.75) is 0 Å². The topological polar surface area (TPSA) is 48.7 Å². The molecule has 0 amide bonds. The molecule has 0 radical (unpaired) electrons. The molecule has 0 saturated heterocycles. The molecule has 1 aromatic carbocycles. The molecule has 0 atom stereocenters. The Kier molecular flexibility index (Phi) is 4.38. The number of hydrogen-bond acceptors (Lipinski definition) is 3. The van der Waals surface area contributed by atoms with Crippen LogP contribution in [0, 0.1) is 11.3 Å². The van der Waals surface area contributed by atoms with Crippen molar-refractivity contribution in [1.82, 2.24) is 4.98 Å². The number of nitriles is 1. The van der Waals surface area contributed by atoms with Gasteiger partial charge in [0.2, 0.25) is 0 Å². The molecule has 0 bridgehead atoms. The van der Waals surface area contributed by atoms with Crippen LogP contribution in [0.25, 0.3) is 0 Å². The second-order valence-corrected chi connectivity index (χ2v) is 6.04. The van der Waals surface area contributed by atoms with Crippen molar-refractivity contribution in [3.63, 3.8) is 0 Å². The third-order valence-corrected chi connectivity index (χ3v) is 3.85. The monoisotopic (exact) mass is 429 g/mol. The molecular formula is C12H6Br3N3. The van der Waals surface area contributed by atoms with Gasteiger partial charge in [0.05, 0.1) is 21.8 Å². The molecule has 2 aromatic rings. The SMILES string of the molecule is N#Cc1ccc(Nc2ncc(Br)cc2Br)c(Br)c1. The molecule has 0 saturated carbocycles. The first kappa shape index (κ1) is 13.5. The lowest BCUT2D eigenvalue weighted by molar-refractivity contribution is 1.27. The minimum Gasteiger partial charge on any atom is -0.338 e. The van der Waals surface area contributed by atoms with Gasteiger partial charge in [-0.25, -0.2) is 4.98 Å². The molecule has 90 valence electrons. The minimum atomic E-state index is 0.607. The van der Waals surface area contributed by atoms with Gasteiger partial charge in [-0.15, -0.1) is 0 Å². The molecule has 3 nitrogen and oxygen atoms in total. The Morgan fingerprint density at radius 2 is 1.89 bits per heavy atom. The standard InChI is InChI=1S/C12H6Br3N3/c13-8-4-10(15)12(17-6-8)18-11-2-1-7(5-16)3-9(11)14/h1-4,6H,(H,17,18). The van der Waals surface area contributed by atoms with Crippen molar-refractivity contribution in [3.8, 4) is 6.07 Å². The van der Waals surface area contributed by atoms with E-state index in [1.54, 1.807) is 18.3 Å². The fourth-order valence-corrected chi connectivity index (χ4v) is 2.88. The number of hydrogen-bond donors (Lipinski definition) is 1. The van der Waals surface area contributed by atoms with Gasteiger partial charge < -0.3 is 5.32 Å². The van der Waals surface area contributed by atoms with Crippen molar-refractivity contribution < 1.29 is 0 Å². The first-order valence-electron chi connectivity index (χ1n) is 4.88. The largest absolute Gasteiger partial charge is 0.338 e. The average Bonchev–Trinajstić information content (AvgIpc) is 2.34. The average molecular weight is 432 g/mol. The van der Waals surface area contributed by atoms with Crippen LogP contribution in [0.4, 0.5) is 11.5 Å². The van der Waals surface area contributed by atoms with E-state index in [0.29, 0.717) is 11.4 Å². The molecule has 6 heteroatoms. The minimum absolute atomic E-state index is 0.607. The third-order valence-electron chi connectivity index (χ3n) is 2.16. The van der Waals surface area contributed by atoms with Gasteiger partial charge >= 0.3 is 0 Å². The summed E-state index contributed by atoms with van der Waals surface area (Å²) in [4.78, 5) is 4.27. The molecule has 0 aliphatic heterocycles. The van der Waals surface area contributed by atoms with E-state index in [1.165, 1.54) is 0 Å². The van der Waals surface area contributed by atoms with E-state index in [1.807, 2.05) is 12.1 Å². The van der Waals surface area contributed by atoms with Crippen molar-refractivity contribution in [2.24, 2.45) is 0 Å². The Hall–Kier alpha value is -0.900. The number of benzene rings is 1. The summed E-state index contributed by atoms with van der Waals surface area (Å²) in [6, 6.07) is 9.34. The smallest absolute Gasteiger partial charge is 0.144 e. The molecule has 1 aromatic heterocycles. The fraction of sp³-hybridized carbons (Fsp3) is 0. The highest BCUT2D eigenvalue weighted by Gasteiger charge is 2.06. The van der Waals surface area contributed by atoms with Crippen LogP contribution in [0.3, 0.4) is 0 Å². The van der Waals surface area contributed by atoms with E-state index in [4.69, 9.17) is 5.26 Å². The van der Waals surface area contributed by atoms with E-state index in [2.05, 4.69) is 64.2 Å². The van der Waals surface area contributed by atoms with Crippen molar-refractivity contribution in [3.05, 3.63) is 49.4 Å². The van der Waals surface area contributed by atoms with Gasteiger partial charge in [0.15, 0.2) is 0 Å². The Bertz CT molecular complexity index is 635. The summed E-state index contributed by atoms with van der Waals surface area (Å²) >= 11 is 10.2. The zero-order valence-corrected chi connectivity index (χ0v) is 13.7. The van der Waals surface area contributed by atoms with E-state index >= 15 is 0 Å². The van der Waals surface area contributed by atoms with Crippen LogP contribution in [0.1, 0.15) is 5.56 Å². The van der Waals surface area contributed by atoms with E-state index in [-0.39, 0.29) is 0 Å². The van der Waals surface area contributed by atoms with Gasteiger partial charge in [0.1, 0.15) is 5.82 Å². The maximum absolute atomic E-state index is 8.80. The Balaban J connectivity index is 2.32. The van der Waals surface area contributed by atoms with Gasteiger partial charge in [-0.05, 0) is 72.1 Å². The van der Waals surface area contributed by atoms with Gasteiger partial charge in [0, 0.05) is 15.1 Å². The summed E-state index contributed by atoms with van der Waals surface area (Å²) in [5.41, 5.74) is 1.46. The molecule has 0 aliphatic rings.